The van der Waals surface area contributed by atoms with Gasteiger partial charge in [-0.1, -0.05) is 17.7 Å². The number of hydrogen-bond acceptors (Lipinski definition) is 4. The third-order valence-electron chi connectivity index (χ3n) is 3.55. The van der Waals surface area contributed by atoms with Crippen LogP contribution in [0.4, 0.5) is 5.69 Å². The molecular weight excluding hydrogens is 348 g/mol. The molecule has 2 aromatic carbocycles. The summed E-state index contributed by atoms with van der Waals surface area (Å²) in [7, 11) is 0. The number of aryl methyl sites for hydroxylation is 1. The Morgan fingerprint density at radius 3 is 2.92 bits per heavy atom. The van der Waals surface area contributed by atoms with E-state index in [2.05, 4.69) is 5.32 Å². The summed E-state index contributed by atoms with van der Waals surface area (Å²) in [4.78, 5) is 25.1. The molecule has 0 unspecified atom stereocenters. The molecule has 0 aliphatic heterocycles. The average molecular weight is 363 g/mol. The molecule has 0 saturated heterocycles. The molecule has 3 aromatic rings. The first kappa shape index (κ1) is 16.7. The van der Waals surface area contributed by atoms with E-state index >= 15 is 0 Å². The molecular formula is C17H15ClN2O3S. The quantitative estimate of drug-likeness (QED) is 0.697. The number of benzene rings is 2. The zero-order valence-corrected chi connectivity index (χ0v) is 14.5. The number of fused-ring (bicyclic) bond motifs is 1. The molecule has 1 amide bonds. The van der Waals surface area contributed by atoms with E-state index in [9.17, 15) is 9.59 Å². The van der Waals surface area contributed by atoms with Crippen LogP contribution in [-0.2, 0) is 11.3 Å². The minimum atomic E-state index is -0.496. The fraction of sp³-hybridized carbons (Fsp3) is 0.176. The maximum absolute atomic E-state index is 12.1. The minimum Gasteiger partial charge on any atom is -0.408 e. The summed E-state index contributed by atoms with van der Waals surface area (Å²) in [6.45, 7) is 0.238. The van der Waals surface area contributed by atoms with Gasteiger partial charge in [-0.05, 0) is 36.6 Å². The van der Waals surface area contributed by atoms with Crippen LogP contribution in [0, 0.1) is 0 Å². The number of oxazole rings is 1. The number of rotatable bonds is 5. The standard InChI is InChI=1S/C17H15ClN2O3S/c1-24-13-4-2-3-12(10-13)19-16(21)7-8-20-14-6-5-11(18)9-15(14)23-17(20)22/h2-6,9-10H,7-8H2,1H3,(H,19,21). The summed E-state index contributed by atoms with van der Waals surface area (Å²) in [5, 5.41) is 3.33. The van der Waals surface area contributed by atoms with Crippen molar-refractivity contribution in [3.8, 4) is 0 Å². The predicted molar refractivity (Wildman–Crippen MR) is 97.0 cm³/mol. The van der Waals surface area contributed by atoms with Gasteiger partial charge in [0.15, 0.2) is 5.58 Å². The molecule has 0 spiro atoms. The number of nitrogens with zero attached hydrogens (tertiary/aromatic N) is 1. The smallest absolute Gasteiger partial charge is 0.408 e. The Hall–Kier alpha value is -2.18. The number of hydrogen-bond donors (Lipinski definition) is 1. The first-order chi connectivity index (χ1) is 11.6. The zero-order valence-electron chi connectivity index (χ0n) is 12.9. The molecule has 1 N–H and O–H groups in total. The van der Waals surface area contributed by atoms with E-state index in [1.54, 1.807) is 30.0 Å². The van der Waals surface area contributed by atoms with Crippen LogP contribution < -0.4 is 11.1 Å². The van der Waals surface area contributed by atoms with Gasteiger partial charge in [0.05, 0.1) is 5.52 Å². The molecule has 0 atom stereocenters. The van der Waals surface area contributed by atoms with Gasteiger partial charge in [-0.3, -0.25) is 9.36 Å². The lowest BCUT2D eigenvalue weighted by atomic mass is 10.3. The lowest BCUT2D eigenvalue weighted by Gasteiger charge is -2.07. The van der Waals surface area contributed by atoms with Gasteiger partial charge in [0.2, 0.25) is 5.91 Å². The lowest BCUT2D eigenvalue weighted by molar-refractivity contribution is -0.116. The minimum absolute atomic E-state index is 0.163. The molecule has 0 fully saturated rings. The van der Waals surface area contributed by atoms with Crippen molar-refractivity contribution in [2.75, 3.05) is 11.6 Å². The molecule has 5 nitrogen and oxygen atoms in total. The summed E-state index contributed by atoms with van der Waals surface area (Å²) in [6.07, 6.45) is 2.14. The van der Waals surface area contributed by atoms with Crippen LogP contribution in [0.2, 0.25) is 5.02 Å². The Kier molecular flexibility index (Phi) is 4.97. The first-order valence-corrected chi connectivity index (χ1v) is 8.90. The normalized spacial score (nSPS) is 10.9. The Morgan fingerprint density at radius 2 is 2.12 bits per heavy atom. The van der Waals surface area contributed by atoms with E-state index in [1.807, 2.05) is 30.5 Å². The van der Waals surface area contributed by atoms with Gasteiger partial charge in [-0.15, -0.1) is 11.8 Å². The third-order valence-corrected chi connectivity index (χ3v) is 4.51. The van der Waals surface area contributed by atoms with E-state index in [0.717, 1.165) is 10.6 Å². The van der Waals surface area contributed by atoms with Gasteiger partial charge in [0, 0.05) is 34.6 Å². The summed E-state index contributed by atoms with van der Waals surface area (Å²) in [5.41, 5.74) is 1.78. The molecule has 0 radical (unpaired) electrons. The predicted octanol–water partition coefficient (Wildman–Crippen LogP) is 4.00. The molecule has 0 bridgehead atoms. The molecule has 124 valence electrons. The van der Waals surface area contributed by atoms with Crippen molar-refractivity contribution in [1.29, 1.82) is 0 Å². The second-order valence-electron chi connectivity index (χ2n) is 5.16. The number of carbonyl (C=O) groups is 1. The fourth-order valence-corrected chi connectivity index (χ4v) is 3.01. The number of aromatic nitrogens is 1. The van der Waals surface area contributed by atoms with Crippen molar-refractivity contribution >= 4 is 46.1 Å². The summed E-state index contributed by atoms with van der Waals surface area (Å²) < 4.78 is 6.58. The molecule has 7 heteroatoms. The Morgan fingerprint density at radius 1 is 1.29 bits per heavy atom. The maximum atomic E-state index is 12.1. The van der Waals surface area contributed by atoms with Crippen LogP contribution in [0.1, 0.15) is 6.42 Å². The fourth-order valence-electron chi connectivity index (χ4n) is 2.39. The maximum Gasteiger partial charge on any atom is 0.419 e. The molecule has 0 aliphatic rings. The van der Waals surface area contributed by atoms with Gasteiger partial charge in [0.25, 0.3) is 0 Å². The highest BCUT2D eigenvalue weighted by molar-refractivity contribution is 7.98. The monoisotopic (exact) mass is 362 g/mol. The number of amides is 1. The molecule has 24 heavy (non-hydrogen) atoms. The Balaban J connectivity index is 1.70. The van der Waals surface area contributed by atoms with E-state index < -0.39 is 5.76 Å². The van der Waals surface area contributed by atoms with Crippen molar-refractivity contribution < 1.29 is 9.21 Å². The Bertz CT molecular complexity index is 948. The van der Waals surface area contributed by atoms with Gasteiger partial charge in [-0.25, -0.2) is 4.79 Å². The molecule has 0 saturated carbocycles. The number of halogens is 1. The van der Waals surface area contributed by atoms with Crippen LogP contribution in [0.25, 0.3) is 11.1 Å². The SMILES string of the molecule is CSc1cccc(NC(=O)CCn2c(=O)oc3cc(Cl)ccc32)c1. The second-order valence-corrected chi connectivity index (χ2v) is 6.48. The van der Waals surface area contributed by atoms with Crippen molar-refractivity contribution in [2.24, 2.45) is 0 Å². The van der Waals surface area contributed by atoms with Gasteiger partial charge < -0.3 is 9.73 Å². The van der Waals surface area contributed by atoms with Crippen LogP contribution in [0.3, 0.4) is 0 Å². The number of nitrogens with one attached hydrogen (secondary N) is 1. The highest BCUT2D eigenvalue weighted by Crippen LogP contribution is 2.20. The highest BCUT2D eigenvalue weighted by Gasteiger charge is 2.11. The first-order valence-electron chi connectivity index (χ1n) is 7.29. The van der Waals surface area contributed by atoms with E-state index in [-0.39, 0.29) is 18.9 Å². The van der Waals surface area contributed by atoms with Crippen molar-refractivity contribution in [2.45, 2.75) is 17.9 Å². The zero-order chi connectivity index (χ0) is 17.1. The molecule has 3 rings (SSSR count). The summed E-state index contributed by atoms with van der Waals surface area (Å²) in [5.74, 6) is -0.659. The summed E-state index contributed by atoms with van der Waals surface area (Å²) in [6, 6.07) is 12.6. The van der Waals surface area contributed by atoms with E-state index in [0.29, 0.717) is 16.1 Å². The van der Waals surface area contributed by atoms with Crippen molar-refractivity contribution in [1.82, 2.24) is 4.57 Å². The van der Waals surface area contributed by atoms with E-state index in [4.69, 9.17) is 16.0 Å². The van der Waals surface area contributed by atoms with Gasteiger partial charge in [-0.2, -0.15) is 0 Å². The number of thioether (sulfide) groups is 1. The van der Waals surface area contributed by atoms with Gasteiger partial charge in [0.1, 0.15) is 0 Å². The van der Waals surface area contributed by atoms with Crippen LogP contribution >= 0.6 is 23.4 Å². The number of carbonyl (C=O) groups excluding carboxylic acids is 1. The summed E-state index contributed by atoms with van der Waals surface area (Å²) >= 11 is 7.49. The van der Waals surface area contributed by atoms with Gasteiger partial charge >= 0.3 is 5.76 Å². The largest absolute Gasteiger partial charge is 0.419 e. The van der Waals surface area contributed by atoms with Crippen LogP contribution in [-0.4, -0.2) is 16.7 Å². The Labute approximate surface area is 147 Å². The highest BCUT2D eigenvalue weighted by atomic mass is 35.5. The van der Waals surface area contributed by atoms with Crippen molar-refractivity contribution in [3.63, 3.8) is 0 Å². The average Bonchev–Trinajstić information content (AvgIpc) is 2.87. The molecule has 1 heterocycles. The second kappa shape index (κ2) is 7.15. The third kappa shape index (κ3) is 3.66. The van der Waals surface area contributed by atoms with E-state index in [1.165, 1.54) is 4.57 Å². The lowest BCUT2D eigenvalue weighted by Crippen LogP contribution is -2.19. The van der Waals surface area contributed by atoms with Crippen LogP contribution in [0.5, 0.6) is 0 Å². The number of anilines is 1. The van der Waals surface area contributed by atoms with Crippen LogP contribution in [0.15, 0.2) is 56.6 Å². The molecule has 1 aromatic heterocycles. The van der Waals surface area contributed by atoms with Crippen molar-refractivity contribution in [3.05, 3.63) is 58.0 Å². The topological polar surface area (TPSA) is 64.2 Å². The molecule has 0 aliphatic carbocycles.